The molecule has 1 fully saturated rings. The molecule has 1 N–H and O–H groups in total. The summed E-state index contributed by atoms with van der Waals surface area (Å²) in [5.74, 6) is 1.27. The van der Waals surface area contributed by atoms with Crippen LogP contribution in [0.5, 0.6) is 0 Å². The maximum absolute atomic E-state index is 12.5. The third kappa shape index (κ3) is 4.56. The van der Waals surface area contributed by atoms with Gasteiger partial charge in [-0.2, -0.15) is 16.7 Å². The van der Waals surface area contributed by atoms with E-state index in [9.17, 15) is 9.59 Å². The molecule has 2 aromatic heterocycles. The molecule has 1 unspecified atom stereocenters. The number of aliphatic carboxylic acids is 1. The van der Waals surface area contributed by atoms with Crippen LogP contribution in [-0.4, -0.2) is 61.1 Å². The number of carbonyl (C=O) groups excluding carboxylic acids is 1. The van der Waals surface area contributed by atoms with Crippen LogP contribution in [0.15, 0.2) is 28.9 Å². The first kappa shape index (κ1) is 17.4. The zero-order valence-electron chi connectivity index (χ0n) is 13.5. The van der Waals surface area contributed by atoms with Crippen LogP contribution in [-0.2, 0) is 16.0 Å². The fourth-order valence-electron chi connectivity index (χ4n) is 2.67. The molecule has 0 saturated carbocycles. The third-order valence-electron chi connectivity index (χ3n) is 3.87. The smallest absolute Gasteiger partial charge is 0.305 e. The number of carboxylic acid groups (broad SMARTS) is 1. The van der Waals surface area contributed by atoms with Crippen LogP contribution < -0.4 is 0 Å². The minimum absolute atomic E-state index is 0.0247. The van der Waals surface area contributed by atoms with Crippen molar-refractivity contribution in [3.63, 3.8) is 0 Å². The molecule has 2 aromatic rings. The Hall–Kier alpha value is -2.42. The van der Waals surface area contributed by atoms with Crippen molar-refractivity contribution >= 4 is 23.6 Å². The van der Waals surface area contributed by atoms with Crippen molar-refractivity contribution in [1.29, 1.82) is 0 Å². The summed E-state index contributed by atoms with van der Waals surface area (Å²) in [5.41, 5.74) is 0.610. The molecule has 1 amide bonds. The zero-order chi connectivity index (χ0) is 17.6. The van der Waals surface area contributed by atoms with E-state index in [1.165, 1.54) is 0 Å². The highest BCUT2D eigenvalue weighted by molar-refractivity contribution is 7.99. The first-order valence-corrected chi connectivity index (χ1v) is 9.12. The maximum Gasteiger partial charge on any atom is 0.305 e. The van der Waals surface area contributed by atoms with Gasteiger partial charge in [0.25, 0.3) is 0 Å². The first-order chi connectivity index (χ1) is 12.1. The van der Waals surface area contributed by atoms with Crippen molar-refractivity contribution in [3.8, 4) is 11.5 Å². The molecule has 1 aliphatic heterocycles. The maximum atomic E-state index is 12.5. The van der Waals surface area contributed by atoms with E-state index in [1.54, 1.807) is 35.0 Å². The average molecular weight is 362 g/mol. The van der Waals surface area contributed by atoms with Gasteiger partial charge in [0.2, 0.25) is 17.6 Å². The van der Waals surface area contributed by atoms with Crippen molar-refractivity contribution in [2.24, 2.45) is 0 Å². The molecule has 1 saturated heterocycles. The van der Waals surface area contributed by atoms with Gasteiger partial charge in [0.1, 0.15) is 5.69 Å². The van der Waals surface area contributed by atoms with E-state index in [0.717, 1.165) is 5.75 Å². The summed E-state index contributed by atoms with van der Waals surface area (Å²) in [6.45, 7) is 0.574. The van der Waals surface area contributed by atoms with Gasteiger partial charge in [-0.25, -0.2) is 0 Å². The Morgan fingerprint density at radius 3 is 3.04 bits per heavy atom. The van der Waals surface area contributed by atoms with Crippen molar-refractivity contribution in [3.05, 3.63) is 30.3 Å². The zero-order valence-corrected chi connectivity index (χ0v) is 14.3. The second-order valence-corrected chi connectivity index (χ2v) is 6.79. The number of carboxylic acids is 1. The average Bonchev–Trinajstić information content (AvgIpc) is 3.09. The molecule has 0 radical (unpaired) electrons. The van der Waals surface area contributed by atoms with Crippen LogP contribution in [0.25, 0.3) is 11.5 Å². The molecule has 0 spiro atoms. The van der Waals surface area contributed by atoms with E-state index < -0.39 is 5.97 Å². The van der Waals surface area contributed by atoms with E-state index in [0.29, 0.717) is 36.1 Å². The highest BCUT2D eigenvalue weighted by Crippen LogP contribution is 2.20. The van der Waals surface area contributed by atoms with Gasteiger partial charge in [0.15, 0.2) is 0 Å². The highest BCUT2D eigenvalue weighted by atomic mass is 32.2. The summed E-state index contributed by atoms with van der Waals surface area (Å²) in [7, 11) is 0. The molecule has 3 heterocycles. The van der Waals surface area contributed by atoms with Crippen molar-refractivity contribution in [1.82, 2.24) is 20.0 Å². The van der Waals surface area contributed by atoms with Crippen LogP contribution >= 0.6 is 11.8 Å². The summed E-state index contributed by atoms with van der Waals surface area (Å²) in [5, 5.41) is 12.9. The summed E-state index contributed by atoms with van der Waals surface area (Å²) in [6, 6.07) is 5.16. The fraction of sp³-hybridized carbons (Fsp3) is 0.438. The number of pyridine rings is 1. The van der Waals surface area contributed by atoms with Gasteiger partial charge in [0, 0.05) is 37.1 Å². The number of nitrogens with zero attached hydrogens (tertiary/aromatic N) is 4. The first-order valence-electron chi connectivity index (χ1n) is 7.96. The van der Waals surface area contributed by atoms with Gasteiger partial charge < -0.3 is 14.5 Å². The standard InChI is InChI=1S/C16H18N4O4S/c21-14(20-7-8-25-10-11(20)9-15(22)23)5-4-13-18-16(19-24-13)12-3-1-2-6-17-12/h1-3,6,11H,4-5,7-10H2,(H,22,23). The summed E-state index contributed by atoms with van der Waals surface area (Å²) in [4.78, 5) is 33.5. The topological polar surface area (TPSA) is 109 Å². The Morgan fingerprint density at radius 1 is 1.40 bits per heavy atom. The molecule has 8 nitrogen and oxygen atoms in total. The largest absolute Gasteiger partial charge is 0.481 e. The molecule has 3 rings (SSSR count). The van der Waals surface area contributed by atoms with Crippen LogP contribution in [0.1, 0.15) is 18.7 Å². The van der Waals surface area contributed by atoms with E-state index >= 15 is 0 Å². The van der Waals surface area contributed by atoms with Crippen molar-refractivity contribution in [2.45, 2.75) is 25.3 Å². The van der Waals surface area contributed by atoms with Gasteiger partial charge in [0.05, 0.1) is 12.5 Å². The van der Waals surface area contributed by atoms with Gasteiger partial charge >= 0.3 is 5.97 Å². The Morgan fingerprint density at radius 2 is 2.28 bits per heavy atom. The Balaban J connectivity index is 1.58. The quantitative estimate of drug-likeness (QED) is 0.823. The lowest BCUT2D eigenvalue weighted by Gasteiger charge is -2.34. The van der Waals surface area contributed by atoms with Crippen LogP contribution in [0.4, 0.5) is 0 Å². The lowest BCUT2D eigenvalue weighted by molar-refractivity contribution is -0.140. The molecule has 25 heavy (non-hydrogen) atoms. The third-order valence-corrected chi connectivity index (χ3v) is 4.96. The molecular formula is C16H18N4O4S. The summed E-state index contributed by atoms with van der Waals surface area (Å²) in [6.07, 6.45) is 2.15. The van der Waals surface area contributed by atoms with E-state index in [1.807, 2.05) is 6.07 Å². The fourth-order valence-corrected chi connectivity index (χ4v) is 3.73. The molecule has 0 aliphatic carbocycles. The lowest BCUT2D eigenvalue weighted by Crippen LogP contribution is -2.47. The number of hydrogen-bond donors (Lipinski definition) is 1. The van der Waals surface area contributed by atoms with Gasteiger partial charge in [-0.05, 0) is 12.1 Å². The second kappa shape index (κ2) is 8.11. The lowest BCUT2D eigenvalue weighted by atomic mass is 10.1. The molecule has 132 valence electrons. The van der Waals surface area contributed by atoms with Gasteiger partial charge in [-0.3, -0.25) is 14.6 Å². The monoisotopic (exact) mass is 362 g/mol. The van der Waals surface area contributed by atoms with E-state index in [2.05, 4.69) is 15.1 Å². The number of rotatable bonds is 6. The molecule has 1 atom stereocenters. The van der Waals surface area contributed by atoms with Gasteiger partial charge in [-0.1, -0.05) is 11.2 Å². The highest BCUT2D eigenvalue weighted by Gasteiger charge is 2.28. The number of amides is 1. The molecule has 1 aliphatic rings. The molecule has 0 bridgehead atoms. The Kier molecular flexibility index (Phi) is 5.64. The Labute approximate surface area is 148 Å². The predicted molar refractivity (Wildman–Crippen MR) is 90.9 cm³/mol. The normalized spacial score (nSPS) is 17.4. The number of aryl methyl sites for hydroxylation is 1. The van der Waals surface area contributed by atoms with Crippen LogP contribution in [0.2, 0.25) is 0 Å². The number of carbonyl (C=O) groups is 2. The minimum atomic E-state index is -0.887. The summed E-state index contributed by atoms with van der Waals surface area (Å²) >= 11 is 1.68. The summed E-state index contributed by atoms with van der Waals surface area (Å²) < 4.78 is 5.18. The van der Waals surface area contributed by atoms with Crippen molar-refractivity contribution in [2.75, 3.05) is 18.1 Å². The predicted octanol–water partition coefficient (Wildman–Crippen LogP) is 1.48. The second-order valence-electron chi connectivity index (χ2n) is 5.64. The number of hydrogen-bond acceptors (Lipinski definition) is 7. The van der Waals surface area contributed by atoms with E-state index in [-0.39, 0.29) is 24.8 Å². The number of aromatic nitrogens is 3. The Bertz CT molecular complexity index is 737. The van der Waals surface area contributed by atoms with Gasteiger partial charge in [-0.15, -0.1) is 0 Å². The van der Waals surface area contributed by atoms with Crippen LogP contribution in [0, 0.1) is 0 Å². The number of thioether (sulfide) groups is 1. The van der Waals surface area contributed by atoms with Crippen molar-refractivity contribution < 1.29 is 19.2 Å². The molecule has 0 aromatic carbocycles. The van der Waals surface area contributed by atoms with E-state index in [4.69, 9.17) is 9.63 Å². The molecular weight excluding hydrogens is 344 g/mol. The van der Waals surface area contributed by atoms with Crippen LogP contribution in [0.3, 0.4) is 0 Å². The minimum Gasteiger partial charge on any atom is -0.481 e. The SMILES string of the molecule is O=C(O)CC1CSCCN1C(=O)CCc1nc(-c2ccccn2)no1. The molecule has 9 heteroatoms.